The van der Waals surface area contributed by atoms with Gasteiger partial charge in [0.25, 0.3) is 0 Å². The zero-order valence-corrected chi connectivity index (χ0v) is 14.1. The molecule has 2 rings (SSSR count). The number of benzene rings is 1. The van der Waals surface area contributed by atoms with Gasteiger partial charge in [0.15, 0.2) is 0 Å². The second-order valence-electron chi connectivity index (χ2n) is 6.26. The number of methoxy groups -OCH3 is 1. The second-order valence-corrected chi connectivity index (χ2v) is 6.26. The summed E-state index contributed by atoms with van der Waals surface area (Å²) in [6.07, 6.45) is 0. The van der Waals surface area contributed by atoms with Gasteiger partial charge in [-0.05, 0) is 45.9 Å². The number of aromatic nitrogens is 2. The maximum Gasteiger partial charge on any atom is 0.337 e. The van der Waals surface area contributed by atoms with Gasteiger partial charge in [0.05, 0.1) is 12.7 Å². The summed E-state index contributed by atoms with van der Waals surface area (Å²) in [5.74, 6) is 1.69. The molecule has 122 valence electrons. The van der Waals surface area contributed by atoms with Gasteiger partial charge < -0.3 is 15.4 Å². The van der Waals surface area contributed by atoms with Crippen LogP contribution >= 0.6 is 0 Å². The lowest BCUT2D eigenvalue weighted by Crippen LogP contribution is -2.26. The van der Waals surface area contributed by atoms with Gasteiger partial charge in [-0.1, -0.05) is 6.07 Å². The molecule has 0 aliphatic rings. The molecule has 0 spiro atoms. The van der Waals surface area contributed by atoms with E-state index >= 15 is 0 Å². The molecular formula is C17H22N4O2. The molecule has 0 radical (unpaired) electrons. The maximum absolute atomic E-state index is 11.6. The largest absolute Gasteiger partial charge is 0.465 e. The Bertz CT molecular complexity index is 708. The number of esters is 1. The highest BCUT2D eigenvalue weighted by Gasteiger charge is 2.12. The minimum Gasteiger partial charge on any atom is -0.465 e. The van der Waals surface area contributed by atoms with Crippen molar-refractivity contribution in [3.63, 3.8) is 0 Å². The molecule has 23 heavy (non-hydrogen) atoms. The van der Waals surface area contributed by atoms with Crippen LogP contribution in [-0.2, 0) is 4.74 Å². The minimum absolute atomic E-state index is 0.0944. The summed E-state index contributed by atoms with van der Waals surface area (Å²) in [5, 5.41) is 6.51. The number of anilines is 3. The fraction of sp³-hybridized carbons (Fsp3) is 0.353. The number of hydrogen-bond acceptors (Lipinski definition) is 6. The van der Waals surface area contributed by atoms with Gasteiger partial charge >= 0.3 is 5.97 Å². The number of carbonyl (C=O) groups is 1. The molecule has 0 atom stereocenters. The van der Waals surface area contributed by atoms with Crippen LogP contribution in [0.15, 0.2) is 30.3 Å². The van der Waals surface area contributed by atoms with Crippen LogP contribution in [0.5, 0.6) is 0 Å². The average Bonchev–Trinajstić information content (AvgIpc) is 2.44. The molecule has 0 unspecified atom stereocenters. The van der Waals surface area contributed by atoms with E-state index in [0.717, 1.165) is 11.5 Å². The lowest BCUT2D eigenvalue weighted by Gasteiger charge is -2.21. The van der Waals surface area contributed by atoms with Crippen molar-refractivity contribution in [3.8, 4) is 0 Å². The minimum atomic E-state index is -0.373. The number of aryl methyl sites for hydroxylation is 1. The molecule has 0 saturated carbocycles. The summed E-state index contributed by atoms with van der Waals surface area (Å²) >= 11 is 0. The Balaban J connectivity index is 2.25. The van der Waals surface area contributed by atoms with E-state index in [4.69, 9.17) is 4.74 Å². The first-order chi connectivity index (χ1) is 10.8. The van der Waals surface area contributed by atoms with Gasteiger partial charge in [-0.15, -0.1) is 0 Å². The van der Waals surface area contributed by atoms with Gasteiger partial charge in [0, 0.05) is 17.3 Å². The molecule has 0 amide bonds. The van der Waals surface area contributed by atoms with E-state index in [1.54, 1.807) is 18.2 Å². The number of ether oxygens (including phenoxy) is 1. The Morgan fingerprint density at radius 1 is 1.13 bits per heavy atom. The van der Waals surface area contributed by atoms with E-state index in [1.165, 1.54) is 7.11 Å². The molecule has 6 nitrogen and oxygen atoms in total. The standard InChI is InChI=1S/C17H22N4O2/c1-11-18-14(10-15(19-11)21-17(2,3)4)20-13-8-6-7-12(9-13)16(22)23-5/h6-10H,1-5H3,(H2,18,19,20,21). The maximum atomic E-state index is 11.6. The van der Waals surface area contributed by atoms with E-state index < -0.39 is 0 Å². The molecule has 2 N–H and O–H groups in total. The highest BCUT2D eigenvalue weighted by molar-refractivity contribution is 5.90. The number of nitrogens with one attached hydrogen (secondary N) is 2. The van der Waals surface area contributed by atoms with Crippen molar-refractivity contribution in [1.29, 1.82) is 0 Å². The third kappa shape index (κ3) is 4.95. The van der Waals surface area contributed by atoms with Crippen LogP contribution < -0.4 is 10.6 Å². The first-order valence-electron chi connectivity index (χ1n) is 7.36. The quantitative estimate of drug-likeness (QED) is 0.841. The molecule has 2 aromatic rings. The normalized spacial score (nSPS) is 11.0. The fourth-order valence-corrected chi connectivity index (χ4v) is 2.07. The Hall–Kier alpha value is -2.63. The Labute approximate surface area is 136 Å². The molecule has 0 saturated heterocycles. The predicted octanol–water partition coefficient (Wildman–Crippen LogP) is 3.53. The van der Waals surface area contributed by atoms with Crippen LogP contribution in [0.25, 0.3) is 0 Å². The first-order valence-corrected chi connectivity index (χ1v) is 7.36. The summed E-state index contributed by atoms with van der Waals surface area (Å²) in [7, 11) is 1.36. The monoisotopic (exact) mass is 314 g/mol. The summed E-state index contributed by atoms with van der Waals surface area (Å²) in [5.41, 5.74) is 1.15. The van der Waals surface area contributed by atoms with Gasteiger partial charge in [-0.2, -0.15) is 0 Å². The number of nitrogens with zero attached hydrogens (tertiary/aromatic N) is 2. The third-order valence-corrected chi connectivity index (χ3v) is 2.90. The zero-order chi connectivity index (χ0) is 17.0. The van der Waals surface area contributed by atoms with E-state index in [9.17, 15) is 4.79 Å². The zero-order valence-electron chi connectivity index (χ0n) is 14.1. The summed E-state index contributed by atoms with van der Waals surface area (Å²) < 4.78 is 4.73. The number of carbonyl (C=O) groups excluding carboxylic acids is 1. The lowest BCUT2D eigenvalue weighted by molar-refractivity contribution is 0.0601. The second kappa shape index (κ2) is 6.64. The SMILES string of the molecule is COC(=O)c1cccc(Nc2cc(NC(C)(C)C)nc(C)n2)c1. The van der Waals surface area contributed by atoms with Gasteiger partial charge in [-0.25, -0.2) is 14.8 Å². The highest BCUT2D eigenvalue weighted by atomic mass is 16.5. The molecule has 0 fully saturated rings. The van der Waals surface area contributed by atoms with E-state index in [1.807, 2.05) is 19.1 Å². The first kappa shape index (κ1) is 16.7. The molecule has 1 heterocycles. The van der Waals surface area contributed by atoms with Gasteiger partial charge in [-0.3, -0.25) is 0 Å². The Kier molecular flexibility index (Phi) is 4.83. The van der Waals surface area contributed by atoms with Crippen LogP contribution in [0.3, 0.4) is 0 Å². The van der Waals surface area contributed by atoms with Crippen molar-refractivity contribution in [2.45, 2.75) is 33.2 Å². The van der Waals surface area contributed by atoms with Crippen molar-refractivity contribution in [1.82, 2.24) is 9.97 Å². The molecule has 0 bridgehead atoms. The third-order valence-electron chi connectivity index (χ3n) is 2.90. The van der Waals surface area contributed by atoms with Crippen molar-refractivity contribution in [2.24, 2.45) is 0 Å². The predicted molar refractivity (Wildman–Crippen MR) is 91.2 cm³/mol. The van der Waals surface area contributed by atoms with Crippen LogP contribution in [-0.4, -0.2) is 28.6 Å². The van der Waals surface area contributed by atoms with Crippen molar-refractivity contribution < 1.29 is 9.53 Å². The van der Waals surface area contributed by atoms with Crippen LogP contribution in [0.1, 0.15) is 37.0 Å². The summed E-state index contributed by atoms with van der Waals surface area (Å²) in [6.45, 7) is 8.04. The molecule has 1 aromatic heterocycles. The van der Waals surface area contributed by atoms with Crippen molar-refractivity contribution >= 4 is 23.3 Å². The molecular weight excluding hydrogens is 292 g/mol. The van der Waals surface area contributed by atoms with E-state index in [-0.39, 0.29) is 11.5 Å². The summed E-state index contributed by atoms with van der Waals surface area (Å²) in [4.78, 5) is 20.4. The average molecular weight is 314 g/mol. The summed E-state index contributed by atoms with van der Waals surface area (Å²) in [6, 6.07) is 8.91. The van der Waals surface area contributed by atoms with Crippen molar-refractivity contribution in [3.05, 3.63) is 41.7 Å². The highest BCUT2D eigenvalue weighted by Crippen LogP contribution is 2.20. The Morgan fingerprint density at radius 2 is 1.83 bits per heavy atom. The topological polar surface area (TPSA) is 76.1 Å². The molecule has 1 aromatic carbocycles. The lowest BCUT2D eigenvalue weighted by atomic mass is 10.1. The van der Waals surface area contributed by atoms with Crippen molar-refractivity contribution in [2.75, 3.05) is 17.7 Å². The molecule has 0 aliphatic carbocycles. The van der Waals surface area contributed by atoms with E-state index in [0.29, 0.717) is 17.2 Å². The van der Waals surface area contributed by atoms with E-state index in [2.05, 4.69) is 41.4 Å². The van der Waals surface area contributed by atoms with Gasteiger partial charge in [0.2, 0.25) is 0 Å². The molecule has 0 aliphatic heterocycles. The number of hydrogen-bond donors (Lipinski definition) is 2. The number of rotatable bonds is 4. The smallest absolute Gasteiger partial charge is 0.337 e. The van der Waals surface area contributed by atoms with Crippen LogP contribution in [0.2, 0.25) is 0 Å². The van der Waals surface area contributed by atoms with Crippen LogP contribution in [0.4, 0.5) is 17.3 Å². The Morgan fingerprint density at radius 3 is 2.48 bits per heavy atom. The van der Waals surface area contributed by atoms with Gasteiger partial charge in [0.1, 0.15) is 17.5 Å². The fourth-order valence-electron chi connectivity index (χ4n) is 2.07. The van der Waals surface area contributed by atoms with Crippen LogP contribution in [0, 0.1) is 6.92 Å². The molecule has 6 heteroatoms.